The first-order valence-corrected chi connectivity index (χ1v) is 8.45. The molecule has 1 aromatic rings. The first-order chi connectivity index (χ1) is 10.5. The summed E-state index contributed by atoms with van der Waals surface area (Å²) in [6, 6.07) is 2.91. The molecule has 1 saturated heterocycles. The Morgan fingerprint density at radius 3 is 2.57 bits per heavy atom. The average Bonchev–Trinajstić information content (AvgIpc) is 2.46. The van der Waals surface area contributed by atoms with Crippen LogP contribution in [0.1, 0.15) is 24.0 Å². The Bertz CT molecular complexity index is 716. The van der Waals surface area contributed by atoms with Crippen molar-refractivity contribution in [2.75, 3.05) is 13.1 Å². The maximum absolute atomic E-state index is 13.0. The normalized spacial score (nSPS) is 20.4. The van der Waals surface area contributed by atoms with Crippen LogP contribution >= 0.6 is 0 Å². The molecule has 1 aliphatic heterocycles. The summed E-state index contributed by atoms with van der Waals surface area (Å²) in [5.41, 5.74) is 4.17. The van der Waals surface area contributed by atoms with Gasteiger partial charge in [0, 0.05) is 13.1 Å². The zero-order valence-corrected chi connectivity index (χ0v) is 13.2. The smallest absolute Gasteiger partial charge is 0.369 e. The standard InChI is InChI=1S/C14H17F3N2O3S/c1-9-4-5-11(7-12(9)14(15,16)17)23(21,22)19-6-2-3-10(8-19)13(18)20/h4-5,7,10H,2-3,6,8H2,1H3,(H2,18,20). The van der Waals surface area contributed by atoms with Crippen molar-refractivity contribution in [2.24, 2.45) is 11.7 Å². The number of amides is 1. The zero-order valence-electron chi connectivity index (χ0n) is 12.4. The number of alkyl halides is 3. The first-order valence-electron chi connectivity index (χ1n) is 7.01. The lowest BCUT2D eigenvalue weighted by Gasteiger charge is -2.30. The molecule has 0 saturated carbocycles. The number of primary amides is 1. The Labute approximate surface area is 132 Å². The van der Waals surface area contributed by atoms with Crippen molar-refractivity contribution >= 4 is 15.9 Å². The highest BCUT2D eigenvalue weighted by Crippen LogP contribution is 2.34. The lowest BCUT2D eigenvalue weighted by molar-refractivity contribution is -0.138. The topological polar surface area (TPSA) is 80.5 Å². The van der Waals surface area contributed by atoms with Gasteiger partial charge in [-0.25, -0.2) is 8.42 Å². The van der Waals surface area contributed by atoms with Crippen LogP contribution in [0.2, 0.25) is 0 Å². The van der Waals surface area contributed by atoms with E-state index in [-0.39, 0.29) is 18.7 Å². The maximum Gasteiger partial charge on any atom is 0.416 e. The molecule has 0 spiro atoms. The van der Waals surface area contributed by atoms with E-state index in [1.54, 1.807) is 0 Å². The number of nitrogens with zero attached hydrogens (tertiary/aromatic N) is 1. The number of halogens is 3. The highest BCUT2D eigenvalue weighted by Gasteiger charge is 2.36. The van der Waals surface area contributed by atoms with Gasteiger partial charge in [0.1, 0.15) is 0 Å². The Kier molecular flexibility index (Phi) is 4.72. The summed E-state index contributed by atoms with van der Waals surface area (Å²) in [6.45, 7) is 1.32. The highest BCUT2D eigenvalue weighted by molar-refractivity contribution is 7.89. The largest absolute Gasteiger partial charge is 0.416 e. The third-order valence-corrected chi connectivity index (χ3v) is 5.80. The van der Waals surface area contributed by atoms with Gasteiger partial charge in [0.25, 0.3) is 0 Å². The molecule has 23 heavy (non-hydrogen) atoms. The first kappa shape index (κ1) is 17.7. The molecule has 128 valence electrons. The van der Waals surface area contributed by atoms with Crippen LogP contribution in [0, 0.1) is 12.8 Å². The van der Waals surface area contributed by atoms with Crippen molar-refractivity contribution in [3.8, 4) is 0 Å². The minimum atomic E-state index is -4.63. The van der Waals surface area contributed by atoms with E-state index in [0.29, 0.717) is 18.9 Å². The fourth-order valence-electron chi connectivity index (χ4n) is 2.61. The summed E-state index contributed by atoms with van der Waals surface area (Å²) in [5, 5.41) is 0. The van der Waals surface area contributed by atoms with Gasteiger partial charge < -0.3 is 5.73 Å². The van der Waals surface area contributed by atoms with Crippen LogP contribution in [-0.2, 0) is 21.0 Å². The highest BCUT2D eigenvalue weighted by atomic mass is 32.2. The maximum atomic E-state index is 13.0. The molecular formula is C14H17F3N2O3S. The van der Waals surface area contributed by atoms with Crippen LogP contribution < -0.4 is 5.73 Å². The zero-order chi connectivity index (χ0) is 17.4. The minimum Gasteiger partial charge on any atom is -0.369 e. The van der Waals surface area contributed by atoms with Crippen LogP contribution in [0.3, 0.4) is 0 Å². The van der Waals surface area contributed by atoms with Crippen LogP contribution in [-0.4, -0.2) is 31.7 Å². The molecule has 1 fully saturated rings. The number of rotatable bonds is 3. The van der Waals surface area contributed by atoms with Crippen LogP contribution in [0.5, 0.6) is 0 Å². The van der Waals surface area contributed by atoms with Gasteiger partial charge in [0.2, 0.25) is 15.9 Å². The van der Waals surface area contributed by atoms with Crippen molar-refractivity contribution in [1.29, 1.82) is 0 Å². The Hall–Kier alpha value is -1.61. The van der Waals surface area contributed by atoms with E-state index in [1.165, 1.54) is 6.92 Å². The predicted molar refractivity (Wildman–Crippen MR) is 76.9 cm³/mol. The van der Waals surface area contributed by atoms with Crippen molar-refractivity contribution in [3.63, 3.8) is 0 Å². The quantitative estimate of drug-likeness (QED) is 0.904. The van der Waals surface area contributed by atoms with E-state index in [4.69, 9.17) is 5.73 Å². The molecule has 1 aromatic carbocycles. The lowest BCUT2D eigenvalue weighted by Crippen LogP contribution is -2.44. The van der Waals surface area contributed by atoms with Gasteiger partial charge in [-0.2, -0.15) is 17.5 Å². The molecule has 1 aliphatic rings. The summed E-state index contributed by atoms with van der Waals surface area (Å²) in [7, 11) is -4.10. The third kappa shape index (κ3) is 3.66. The number of benzene rings is 1. The van der Waals surface area contributed by atoms with Crippen molar-refractivity contribution < 1.29 is 26.4 Å². The van der Waals surface area contributed by atoms with Crippen molar-refractivity contribution in [3.05, 3.63) is 29.3 Å². The Balaban J connectivity index is 2.38. The molecule has 0 aromatic heterocycles. The predicted octanol–water partition coefficient (Wildman–Crippen LogP) is 1.90. The fourth-order valence-corrected chi connectivity index (χ4v) is 4.16. The molecule has 0 bridgehead atoms. The van der Waals surface area contributed by atoms with Crippen molar-refractivity contribution in [1.82, 2.24) is 4.31 Å². The number of carbonyl (C=O) groups excluding carboxylic acids is 1. The molecule has 1 amide bonds. The number of piperidine rings is 1. The summed E-state index contributed by atoms with van der Waals surface area (Å²) in [5.74, 6) is -1.23. The van der Waals surface area contributed by atoms with E-state index < -0.39 is 38.5 Å². The van der Waals surface area contributed by atoms with Gasteiger partial charge >= 0.3 is 6.18 Å². The van der Waals surface area contributed by atoms with Gasteiger partial charge in [-0.05, 0) is 37.5 Å². The second-order valence-corrected chi connectivity index (χ2v) is 7.52. The van der Waals surface area contributed by atoms with Gasteiger partial charge in [-0.15, -0.1) is 0 Å². The summed E-state index contributed by atoms with van der Waals surface area (Å²) >= 11 is 0. The number of carbonyl (C=O) groups is 1. The summed E-state index contributed by atoms with van der Waals surface area (Å²) in [4.78, 5) is 10.8. The lowest BCUT2D eigenvalue weighted by atomic mass is 9.99. The number of nitrogens with two attached hydrogens (primary N) is 1. The van der Waals surface area contributed by atoms with Crippen LogP contribution in [0.4, 0.5) is 13.2 Å². The van der Waals surface area contributed by atoms with Gasteiger partial charge in [-0.3, -0.25) is 4.79 Å². The molecule has 2 N–H and O–H groups in total. The monoisotopic (exact) mass is 350 g/mol. The summed E-state index contributed by atoms with van der Waals surface area (Å²) < 4.78 is 65.0. The molecule has 9 heteroatoms. The van der Waals surface area contributed by atoms with E-state index in [0.717, 1.165) is 16.4 Å². The second-order valence-electron chi connectivity index (χ2n) is 5.58. The molecular weight excluding hydrogens is 333 g/mol. The minimum absolute atomic E-state index is 0.0508. The van der Waals surface area contributed by atoms with Crippen LogP contribution in [0.25, 0.3) is 0 Å². The van der Waals surface area contributed by atoms with Crippen molar-refractivity contribution in [2.45, 2.75) is 30.8 Å². The number of hydrogen-bond acceptors (Lipinski definition) is 3. The molecule has 0 radical (unpaired) electrons. The summed E-state index contributed by atoms with van der Waals surface area (Å²) in [6.07, 6.45) is -3.72. The SMILES string of the molecule is Cc1ccc(S(=O)(=O)N2CCCC(C(N)=O)C2)cc1C(F)(F)F. The van der Waals surface area contributed by atoms with E-state index >= 15 is 0 Å². The molecule has 2 rings (SSSR count). The number of aryl methyl sites for hydroxylation is 1. The van der Waals surface area contributed by atoms with Gasteiger partial charge in [0.05, 0.1) is 16.4 Å². The molecule has 1 unspecified atom stereocenters. The van der Waals surface area contributed by atoms with Crippen LogP contribution in [0.15, 0.2) is 23.1 Å². The van der Waals surface area contributed by atoms with E-state index in [2.05, 4.69) is 0 Å². The molecule has 1 atom stereocenters. The molecule has 5 nitrogen and oxygen atoms in total. The number of hydrogen-bond donors (Lipinski definition) is 1. The third-order valence-electron chi connectivity index (χ3n) is 3.94. The Morgan fingerprint density at radius 1 is 1.35 bits per heavy atom. The fraction of sp³-hybridized carbons (Fsp3) is 0.500. The van der Waals surface area contributed by atoms with E-state index in [1.807, 2.05) is 0 Å². The molecule has 0 aliphatic carbocycles. The Morgan fingerprint density at radius 2 is 2.00 bits per heavy atom. The van der Waals surface area contributed by atoms with E-state index in [9.17, 15) is 26.4 Å². The second kappa shape index (κ2) is 6.12. The number of sulfonamides is 1. The van der Waals surface area contributed by atoms with Gasteiger partial charge in [0.15, 0.2) is 0 Å². The van der Waals surface area contributed by atoms with Gasteiger partial charge in [-0.1, -0.05) is 6.07 Å². The average molecular weight is 350 g/mol. The molecule has 1 heterocycles.